The van der Waals surface area contributed by atoms with Gasteiger partial charge in [-0.2, -0.15) is 5.10 Å². The van der Waals surface area contributed by atoms with Gasteiger partial charge in [0.1, 0.15) is 18.4 Å². The van der Waals surface area contributed by atoms with Crippen molar-refractivity contribution >= 4 is 5.96 Å². The maximum atomic E-state index is 5.18. The molecule has 0 aliphatic heterocycles. The molecule has 0 saturated carbocycles. The summed E-state index contributed by atoms with van der Waals surface area (Å²) in [5.74, 6) is 1.61. The number of rotatable bonds is 7. The highest BCUT2D eigenvalue weighted by Crippen LogP contribution is 2.11. The first-order valence-electron chi connectivity index (χ1n) is 8.74. The maximum absolute atomic E-state index is 5.18. The van der Waals surface area contributed by atoms with E-state index < -0.39 is 0 Å². The third-order valence-corrected chi connectivity index (χ3v) is 4.11. The van der Waals surface area contributed by atoms with Crippen molar-refractivity contribution in [1.29, 1.82) is 0 Å². The van der Waals surface area contributed by atoms with Gasteiger partial charge in [-0.25, -0.2) is 9.67 Å². The number of hydrogen-bond donors (Lipinski definition) is 2. The highest BCUT2D eigenvalue weighted by Gasteiger charge is 2.02. The SMILES string of the molecule is CN=C(NCc1ccc(OC)cc1)NCc1cccc(Cn2cncn2)c1. The van der Waals surface area contributed by atoms with Crippen LogP contribution in [0.1, 0.15) is 16.7 Å². The second kappa shape index (κ2) is 9.38. The Balaban J connectivity index is 1.51. The van der Waals surface area contributed by atoms with E-state index in [-0.39, 0.29) is 0 Å². The average Bonchev–Trinajstić information content (AvgIpc) is 3.22. The molecule has 1 heterocycles. The van der Waals surface area contributed by atoms with E-state index in [2.05, 4.69) is 50.0 Å². The second-order valence-corrected chi connectivity index (χ2v) is 6.04. The predicted octanol–water partition coefficient (Wildman–Crippen LogP) is 2.20. The van der Waals surface area contributed by atoms with E-state index in [1.54, 1.807) is 26.8 Å². The van der Waals surface area contributed by atoms with Crippen LogP contribution in [-0.2, 0) is 19.6 Å². The number of nitrogens with zero attached hydrogens (tertiary/aromatic N) is 4. The van der Waals surface area contributed by atoms with Crippen LogP contribution >= 0.6 is 0 Å². The zero-order chi connectivity index (χ0) is 18.9. The van der Waals surface area contributed by atoms with Crippen LogP contribution < -0.4 is 15.4 Å². The van der Waals surface area contributed by atoms with E-state index in [1.165, 1.54) is 11.1 Å². The van der Waals surface area contributed by atoms with Crippen molar-refractivity contribution in [2.45, 2.75) is 19.6 Å². The molecule has 7 heteroatoms. The minimum atomic E-state index is 0.688. The van der Waals surface area contributed by atoms with E-state index in [4.69, 9.17) is 4.74 Å². The topological polar surface area (TPSA) is 76.4 Å². The molecular weight excluding hydrogens is 340 g/mol. The van der Waals surface area contributed by atoms with Crippen LogP contribution in [0.2, 0.25) is 0 Å². The number of guanidine groups is 1. The van der Waals surface area contributed by atoms with Crippen molar-refractivity contribution in [3.05, 3.63) is 77.9 Å². The maximum Gasteiger partial charge on any atom is 0.191 e. The van der Waals surface area contributed by atoms with Gasteiger partial charge in [-0.05, 0) is 28.8 Å². The summed E-state index contributed by atoms with van der Waals surface area (Å²) in [7, 11) is 3.43. The minimum absolute atomic E-state index is 0.688. The summed E-state index contributed by atoms with van der Waals surface area (Å²) >= 11 is 0. The molecule has 1 aromatic heterocycles. The largest absolute Gasteiger partial charge is 0.497 e. The molecule has 0 amide bonds. The lowest BCUT2D eigenvalue weighted by Gasteiger charge is -2.13. The Morgan fingerprint density at radius 1 is 1.04 bits per heavy atom. The van der Waals surface area contributed by atoms with Crippen LogP contribution in [0.5, 0.6) is 5.75 Å². The Bertz CT molecular complexity index is 858. The molecular formula is C20H24N6O. The Kier molecular flexibility index (Phi) is 6.40. The first-order chi connectivity index (χ1) is 13.3. The van der Waals surface area contributed by atoms with Crippen molar-refractivity contribution in [1.82, 2.24) is 25.4 Å². The fourth-order valence-electron chi connectivity index (χ4n) is 2.67. The fraction of sp³-hybridized carbons (Fsp3) is 0.250. The number of hydrogen-bond acceptors (Lipinski definition) is 4. The van der Waals surface area contributed by atoms with E-state index >= 15 is 0 Å². The summed E-state index contributed by atoms with van der Waals surface area (Å²) in [4.78, 5) is 8.26. The van der Waals surface area contributed by atoms with E-state index in [0.717, 1.165) is 17.3 Å². The average molecular weight is 364 g/mol. The molecule has 7 nitrogen and oxygen atoms in total. The van der Waals surface area contributed by atoms with Crippen molar-refractivity contribution in [3.63, 3.8) is 0 Å². The number of methoxy groups -OCH3 is 1. The molecule has 2 aromatic carbocycles. The molecule has 0 spiro atoms. The van der Waals surface area contributed by atoms with Crippen molar-refractivity contribution in [3.8, 4) is 5.75 Å². The van der Waals surface area contributed by atoms with E-state index in [1.807, 2.05) is 28.9 Å². The van der Waals surface area contributed by atoms with Crippen LogP contribution in [0.3, 0.4) is 0 Å². The van der Waals surface area contributed by atoms with Gasteiger partial charge >= 0.3 is 0 Å². The molecule has 0 bridgehead atoms. The predicted molar refractivity (Wildman–Crippen MR) is 106 cm³/mol. The highest BCUT2D eigenvalue weighted by atomic mass is 16.5. The summed E-state index contributed by atoms with van der Waals surface area (Å²) in [6.07, 6.45) is 3.26. The van der Waals surface area contributed by atoms with Crippen molar-refractivity contribution in [2.75, 3.05) is 14.2 Å². The van der Waals surface area contributed by atoms with Gasteiger partial charge in [0.2, 0.25) is 0 Å². The van der Waals surface area contributed by atoms with Gasteiger partial charge in [0.25, 0.3) is 0 Å². The Hall–Kier alpha value is -3.35. The summed E-state index contributed by atoms with van der Waals surface area (Å²) in [6.45, 7) is 2.09. The lowest BCUT2D eigenvalue weighted by Crippen LogP contribution is -2.36. The van der Waals surface area contributed by atoms with Crippen molar-refractivity contribution < 1.29 is 4.74 Å². The van der Waals surface area contributed by atoms with Gasteiger partial charge in [0.05, 0.1) is 13.7 Å². The third-order valence-electron chi connectivity index (χ3n) is 4.11. The van der Waals surface area contributed by atoms with Gasteiger partial charge in [0.15, 0.2) is 5.96 Å². The second-order valence-electron chi connectivity index (χ2n) is 6.04. The van der Waals surface area contributed by atoms with Gasteiger partial charge in [-0.3, -0.25) is 4.99 Å². The van der Waals surface area contributed by atoms with Gasteiger partial charge < -0.3 is 15.4 Å². The molecule has 0 fully saturated rings. The molecule has 0 unspecified atom stereocenters. The van der Waals surface area contributed by atoms with Crippen LogP contribution in [0.15, 0.2) is 66.2 Å². The molecule has 0 atom stereocenters. The molecule has 0 aliphatic rings. The molecule has 3 rings (SSSR count). The van der Waals surface area contributed by atoms with E-state index in [0.29, 0.717) is 19.6 Å². The molecule has 0 radical (unpaired) electrons. The summed E-state index contributed by atoms with van der Waals surface area (Å²) in [5, 5.41) is 10.8. The number of ether oxygens (including phenoxy) is 1. The summed E-state index contributed by atoms with van der Waals surface area (Å²) < 4.78 is 6.99. The zero-order valence-electron chi connectivity index (χ0n) is 15.6. The smallest absolute Gasteiger partial charge is 0.191 e. The number of nitrogens with one attached hydrogen (secondary N) is 2. The summed E-state index contributed by atoms with van der Waals surface area (Å²) in [6, 6.07) is 16.4. The summed E-state index contributed by atoms with van der Waals surface area (Å²) in [5.41, 5.74) is 3.52. The number of aromatic nitrogens is 3. The zero-order valence-corrected chi connectivity index (χ0v) is 15.6. The van der Waals surface area contributed by atoms with Gasteiger partial charge in [-0.15, -0.1) is 0 Å². The Morgan fingerprint density at radius 2 is 1.78 bits per heavy atom. The van der Waals surface area contributed by atoms with Crippen LogP contribution in [0.25, 0.3) is 0 Å². The van der Waals surface area contributed by atoms with Crippen LogP contribution in [0.4, 0.5) is 0 Å². The molecule has 0 aliphatic carbocycles. The lowest BCUT2D eigenvalue weighted by molar-refractivity contribution is 0.414. The molecule has 0 saturated heterocycles. The Labute approximate surface area is 159 Å². The Morgan fingerprint density at radius 3 is 2.44 bits per heavy atom. The number of aliphatic imine (C=N–C) groups is 1. The first kappa shape index (κ1) is 18.4. The highest BCUT2D eigenvalue weighted by molar-refractivity contribution is 5.79. The number of benzene rings is 2. The quantitative estimate of drug-likeness (QED) is 0.496. The van der Waals surface area contributed by atoms with Crippen molar-refractivity contribution in [2.24, 2.45) is 4.99 Å². The van der Waals surface area contributed by atoms with E-state index in [9.17, 15) is 0 Å². The molecule has 3 aromatic rings. The normalized spacial score (nSPS) is 11.3. The lowest BCUT2D eigenvalue weighted by atomic mass is 10.1. The molecule has 27 heavy (non-hydrogen) atoms. The third kappa shape index (κ3) is 5.57. The first-order valence-corrected chi connectivity index (χ1v) is 8.74. The van der Waals surface area contributed by atoms with Crippen LogP contribution in [-0.4, -0.2) is 34.9 Å². The molecule has 2 N–H and O–H groups in total. The van der Waals surface area contributed by atoms with Gasteiger partial charge in [0, 0.05) is 20.1 Å². The van der Waals surface area contributed by atoms with Crippen LogP contribution in [0, 0.1) is 0 Å². The monoisotopic (exact) mass is 364 g/mol. The minimum Gasteiger partial charge on any atom is -0.497 e. The van der Waals surface area contributed by atoms with Gasteiger partial charge in [-0.1, -0.05) is 36.4 Å². The fourth-order valence-corrected chi connectivity index (χ4v) is 2.67. The molecule has 140 valence electrons. The standard InChI is InChI=1S/C20H24N6O/c1-21-20(23-11-16-6-8-19(27-2)9-7-16)24-12-17-4-3-5-18(10-17)13-26-15-22-14-25-26/h3-10,14-15H,11-13H2,1-2H3,(H2,21,23,24).